The van der Waals surface area contributed by atoms with Crippen molar-refractivity contribution < 1.29 is 9.53 Å². The van der Waals surface area contributed by atoms with Crippen LogP contribution in [-0.4, -0.2) is 12.6 Å². The van der Waals surface area contributed by atoms with Crippen LogP contribution in [0.1, 0.15) is 149 Å². The summed E-state index contributed by atoms with van der Waals surface area (Å²) in [7, 11) is 0. The first-order chi connectivity index (χ1) is 15.2. The maximum absolute atomic E-state index is 13.7. The second-order valence-electron chi connectivity index (χ2n) is 11.5. The molecule has 3 aliphatic rings. The molecule has 0 aromatic rings. The first kappa shape index (κ1) is 25.1. The minimum absolute atomic E-state index is 0.178. The number of esters is 1. The van der Waals surface area contributed by atoms with Crippen molar-refractivity contribution in [2.45, 2.75) is 149 Å². The normalized spacial score (nSPS) is 29.5. The highest BCUT2D eigenvalue weighted by molar-refractivity contribution is 5.78. The molecule has 3 fully saturated rings. The third-order valence-corrected chi connectivity index (χ3v) is 9.61. The SMILES string of the molecule is CCCCCCC[C@]1(C2(C(=O)OCCC)CCCCC2)CC[C@@H](C2CCCCC2)CC1. The Hall–Kier alpha value is -0.530. The number of hydrogen-bond donors (Lipinski definition) is 0. The Morgan fingerprint density at radius 1 is 0.710 bits per heavy atom. The fourth-order valence-electron chi connectivity index (χ4n) is 7.74. The van der Waals surface area contributed by atoms with Crippen molar-refractivity contribution in [2.24, 2.45) is 22.7 Å². The van der Waals surface area contributed by atoms with E-state index in [-0.39, 0.29) is 16.8 Å². The molecular formula is C29H52O2. The van der Waals surface area contributed by atoms with Gasteiger partial charge in [0.15, 0.2) is 0 Å². The summed E-state index contributed by atoms with van der Waals surface area (Å²) in [5, 5.41) is 0. The van der Waals surface area contributed by atoms with Gasteiger partial charge in [-0.25, -0.2) is 0 Å². The van der Waals surface area contributed by atoms with Gasteiger partial charge in [0.2, 0.25) is 0 Å². The Kier molecular flexibility index (Phi) is 10.2. The van der Waals surface area contributed by atoms with E-state index < -0.39 is 0 Å². The zero-order valence-corrected chi connectivity index (χ0v) is 21.0. The number of rotatable bonds is 11. The summed E-state index contributed by atoms with van der Waals surface area (Å²) < 4.78 is 5.96. The predicted octanol–water partition coefficient (Wildman–Crippen LogP) is 9.01. The van der Waals surface area contributed by atoms with E-state index in [9.17, 15) is 4.79 Å². The highest BCUT2D eigenvalue weighted by atomic mass is 16.5. The predicted molar refractivity (Wildman–Crippen MR) is 131 cm³/mol. The van der Waals surface area contributed by atoms with Crippen LogP contribution in [0.25, 0.3) is 0 Å². The van der Waals surface area contributed by atoms with E-state index in [1.54, 1.807) is 0 Å². The molecule has 0 amide bonds. The maximum atomic E-state index is 13.7. The smallest absolute Gasteiger partial charge is 0.312 e. The monoisotopic (exact) mass is 432 g/mol. The number of unbranched alkanes of at least 4 members (excludes halogenated alkanes) is 4. The van der Waals surface area contributed by atoms with Gasteiger partial charge in [-0.3, -0.25) is 4.79 Å². The molecule has 0 bridgehead atoms. The first-order valence-corrected chi connectivity index (χ1v) is 14.3. The molecule has 0 spiro atoms. The van der Waals surface area contributed by atoms with E-state index in [0.29, 0.717) is 6.61 Å². The van der Waals surface area contributed by atoms with Crippen LogP contribution in [0.4, 0.5) is 0 Å². The minimum Gasteiger partial charge on any atom is -0.465 e. The summed E-state index contributed by atoms with van der Waals surface area (Å²) in [5.41, 5.74) is 0.0400. The van der Waals surface area contributed by atoms with Crippen molar-refractivity contribution in [2.75, 3.05) is 6.61 Å². The Bertz CT molecular complexity index is 505. The molecule has 0 aromatic carbocycles. The number of carbonyl (C=O) groups is 1. The standard InChI is InChI=1S/C29H52O2/c1-3-5-6-7-12-19-28(22-17-26(18-23-28)25-15-10-8-11-16-25)29(20-13-9-14-21-29)27(30)31-24-4-2/h25-26H,3-24H2,1-2H3/t26-,28+. The van der Waals surface area contributed by atoms with E-state index in [2.05, 4.69) is 13.8 Å². The van der Waals surface area contributed by atoms with Crippen LogP contribution in [0.2, 0.25) is 0 Å². The Balaban J connectivity index is 1.76. The molecule has 0 aromatic heterocycles. The molecule has 3 rings (SSSR count). The highest BCUT2D eigenvalue weighted by Gasteiger charge is 2.57. The van der Waals surface area contributed by atoms with Crippen molar-refractivity contribution >= 4 is 5.97 Å². The van der Waals surface area contributed by atoms with Crippen molar-refractivity contribution in [3.8, 4) is 0 Å². The van der Waals surface area contributed by atoms with Crippen LogP contribution >= 0.6 is 0 Å². The van der Waals surface area contributed by atoms with E-state index in [1.165, 1.54) is 116 Å². The van der Waals surface area contributed by atoms with E-state index in [0.717, 1.165) is 31.1 Å². The summed E-state index contributed by atoms with van der Waals surface area (Å²) in [5.74, 6) is 2.10. The molecule has 0 unspecified atom stereocenters. The highest BCUT2D eigenvalue weighted by Crippen LogP contribution is 2.61. The molecule has 3 saturated carbocycles. The molecular weight excluding hydrogens is 380 g/mol. The van der Waals surface area contributed by atoms with Crippen LogP contribution in [0.5, 0.6) is 0 Å². The molecule has 0 heterocycles. The summed E-state index contributed by atoms with van der Waals surface area (Å²) in [6.07, 6.45) is 27.5. The molecule has 0 saturated heterocycles. The summed E-state index contributed by atoms with van der Waals surface area (Å²) >= 11 is 0. The van der Waals surface area contributed by atoms with Gasteiger partial charge in [0.1, 0.15) is 0 Å². The fourth-order valence-corrected chi connectivity index (χ4v) is 7.74. The molecule has 0 radical (unpaired) electrons. The second-order valence-corrected chi connectivity index (χ2v) is 11.5. The lowest BCUT2D eigenvalue weighted by Gasteiger charge is -2.55. The van der Waals surface area contributed by atoms with Crippen LogP contribution in [-0.2, 0) is 9.53 Å². The lowest BCUT2D eigenvalue weighted by molar-refractivity contribution is -0.175. The summed E-state index contributed by atoms with van der Waals surface area (Å²) in [6.45, 7) is 5.03. The number of hydrogen-bond acceptors (Lipinski definition) is 2. The second kappa shape index (κ2) is 12.6. The maximum Gasteiger partial charge on any atom is 0.312 e. The van der Waals surface area contributed by atoms with Crippen molar-refractivity contribution in [3.05, 3.63) is 0 Å². The van der Waals surface area contributed by atoms with Crippen molar-refractivity contribution in [1.82, 2.24) is 0 Å². The Morgan fingerprint density at radius 2 is 1.32 bits per heavy atom. The van der Waals surface area contributed by atoms with Crippen LogP contribution in [0.3, 0.4) is 0 Å². The van der Waals surface area contributed by atoms with E-state index in [1.807, 2.05) is 0 Å². The van der Waals surface area contributed by atoms with Crippen LogP contribution in [0.15, 0.2) is 0 Å². The average molecular weight is 433 g/mol. The van der Waals surface area contributed by atoms with Gasteiger partial charge in [-0.05, 0) is 68.6 Å². The van der Waals surface area contributed by atoms with E-state index >= 15 is 0 Å². The van der Waals surface area contributed by atoms with E-state index in [4.69, 9.17) is 4.74 Å². The first-order valence-electron chi connectivity index (χ1n) is 14.3. The lowest BCUT2D eigenvalue weighted by Crippen LogP contribution is -2.52. The fraction of sp³-hybridized carbons (Fsp3) is 0.966. The zero-order valence-electron chi connectivity index (χ0n) is 21.0. The van der Waals surface area contributed by atoms with Gasteiger partial charge < -0.3 is 4.74 Å². The molecule has 31 heavy (non-hydrogen) atoms. The van der Waals surface area contributed by atoms with Gasteiger partial charge in [-0.15, -0.1) is 0 Å². The van der Waals surface area contributed by atoms with Gasteiger partial charge in [-0.1, -0.05) is 97.3 Å². The quantitative estimate of drug-likeness (QED) is 0.240. The Morgan fingerprint density at radius 3 is 1.97 bits per heavy atom. The minimum atomic E-state index is -0.178. The van der Waals surface area contributed by atoms with Gasteiger partial charge in [0.05, 0.1) is 12.0 Å². The summed E-state index contributed by atoms with van der Waals surface area (Å²) in [4.78, 5) is 13.7. The third-order valence-electron chi connectivity index (χ3n) is 9.61. The molecule has 180 valence electrons. The average Bonchev–Trinajstić information content (AvgIpc) is 2.83. The van der Waals surface area contributed by atoms with Gasteiger partial charge >= 0.3 is 5.97 Å². The number of carbonyl (C=O) groups excluding carboxylic acids is 1. The molecule has 0 aliphatic heterocycles. The topological polar surface area (TPSA) is 26.3 Å². The largest absolute Gasteiger partial charge is 0.465 e. The van der Waals surface area contributed by atoms with Gasteiger partial charge in [-0.2, -0.15) is 0 Å². The van der Waals surface area contributed by atoms with Crippen molar-refractivity contribution in [1.29, 1.82) is 0 Å². The van der Waals surface area contributed by atoms with Gasteiger partial charge in [0, 0.05) is 0 Å². The van der Waals surface area contributed by atoms with Crippen LogP contribution in [0, 0.1) is 22.7 Å². The number of ether oxygens (including phenoxy) is 1. The molecule has 2 nitrogen and oxygen atoms in total. The molecule has 2 heteroatoms. The molecule has 3 aliphatic carbocycles. The third kappa shape index (κ3) is 6.08. The molecule has 0 atom stereocenters. The lowest BCUT2D eigenvalue weighted by atomic mass is 9.49. The van der Waals surface area contributed by atoms with Crippen molar-refractivity contribution in [3.63, 3.8) is 0 Å². The summed E-state index contributed by atoms with van der Waals surface area (Å²) in [6, 6.07) is 0. The Labute approximate surface area is 193 Å². The molecule has 0 N–H and O–H groups in total. The van der Waals surface area contributed by atoms with Crippen LogP contribution < -0.4 is 0 Å². The zero-order chi connectivity index (χ0) is 22.0. The van der Waals surface area contributed by atoms with Gasteiger partial charge in [0.25, 0.3) is 0 Å².